The number of fused-ring (bicyclic) bond motifs is 1. The Hall–Kier alpha value is -2.47. The summed E-state index contributed by atoms with van der Waals surface area (Å²) < 4.78 is 13.8. The van der Waals surface area contributed by atoms with Gasteiger partial charge in [0, 0.05) is 11.3 Å². The number of aromatic nitrogens is 1. The van der Waals surface area contributed by atoms with Crippen molar-refractivity contribution in [2.24, 2.45) is 21.7 Å². The third-order valence-corrected chi connectivity index (χ3v) is 4.55. The Morgan fingerprint density at radius 2 is 1.85 bits per heavy atom. The van der Waals surface area contributed by atoms with Crippen LogP contribution in [0.2, 0.25) is 0 Å². The second-order valence-electron chi connectivity index (χ2n) is 6.58. The molecule has 2 aromatic rings. The number of aryl methyl sites for hydroxylation is 3. The first-order valence-corrected chi connectivity index (χ1v) is 8.24. The Morgan fingerprint density at radius 1 is 1.12 bits per heavy atom. The predicted octanol–water partition coefficient (Wildman–Crippen LogP) is 3.28. The molecule has 138 valence electrons. The summed E-state index contributed by atoms with van der Waals surface area (Å²) in [4.78, 5) is 4.69. The molecule has 0 amide bonds. The smallest absolute Gasteiger partial charge is 0.211 e. The van der Waals surface area contributed by atoms with Crippen LogP contribution in [0, 0.1) is 26.6 Å². The van der Waals surface area contributed by atoms with E-state index in [1.54, 1.807) is 6.07 Å². The van der Waals surface area contributed by atoms with Gasteiger partial charge in [-0.15, -0.1) is 17.5 Å². The quantitative estimate of drug-likeness (QED) is 0.479. The van der Waals surface area contributed by atoms with Crippen molar-refractivity contribution in [2.75, 3.05) is 0 Å². The average Bonchev–Trinajstić information content (AvgIpc) is 2.54. The van der Waals surface area contributed by atoms with Crippen LogP contribution in [0.5, 0.6) is 0 Å². The highest BCUT2D eigenvalue weighted by molar-refractivity contribution is 6.04. The van der Waals surface area contributed by atoms with Gasteiger partial charge in [0.2, 0.25) is 5.96 Å². The molecule has 26 heavy (non-hydrogen) atoms. The largest absolute Gasteiger partial charge is 0.369 e. The topological polar surface area (TPSA) is 89.6 Å². The lowest BCUT2D eigenvalue weighted by molar-refractivity contribution is 0.612. The minimum absolute atomic E-state index is 0. The number of halogens is 2. The minimum Gasteiger partial charge on any atom is -0.369 e. The van der Waals surface area contributed by atoms with Crippen LogP contribution in [-0.2, 0) is 6.42 Å². The molecule has 5 nitrogen and oxygen atoms in total. The second-order valence-corrected chi connectivity index (χ2v) is 6.58. The molecule has 1 aromatic heterocycles. The summed E-state index contributed by atoms with van der Waals surface area (Å²) in [6.07, 6.45) is 1.38. The van der Waals surface area contributed by atoms with E-state index in [0.717, 1.165) is 45.8 Å². The van der Waals surface area contributed by atoms with Gasteiger partial charge >= 0.3 is 0 Å². The molecule has 0 bridgehead atoms. The van der Waals surface area contributed by atoms with Gasteiger partial charge in [0.25, 0.3) is 0 Å². The monoisotopic (exact) mass is 375 g/mol. The molecule has 4 N–H and O–H groups in total. The summed E-state index contributed by atoms with van der Waals surface area (Å²) in [6, 6.07) is 6.92. The zero-order chi connectivity index (χ0) is 18.1. The van der Waals surface area contributed by atoms with Crippen LogP contribution >= 0.6 is 12.4 Å². The Kier molecular flexibility index (Phi) is 5.97. The van der Waals surface area contributed by atoms with E-state index >= 15 is 0 Å². The fraction of sp³-hybridized carbons (Fsp3) is 0.316. The maximum atomic E-state index is 13.8. The molecule has 0 radical (unpaired) electrons. The zero-order valence-corrected chi connectivity index (χ0v) is 15.9. The van der Waals surface area contributed by atoms with Gasteiger partial charge in [-0.3, -0.25) is 4.98 Å². The van der Waals surface area contributed by atoms with Crippen molar-refractivity contribution in [3.8, 4) is 0 Å². The minimum atomic E-state index is -0.234. The highest BCUT2D eigenvalue weighted by Gasteiger charge is 2.28. The molecule has 3 rings (SSSR count). The van der Waals surface area contributed by atoms with Gasteiger partial charge in [-0.2, -0.15) is 5.10 Å². The number of benzene rings is 1. The van der Waals surface area contributed by atoms with E-state index in [9.17, 15) is 4.39 Å². The van der Waals surface area contributed by atoms with Crippen LogP contribution in [0.3, 0.4) is 0 Å². The van der Waals surface area contributed by atoms with E-state index in [1.165, 1.54) is 6.07 Å². The van der Waals surface area contributed by atoms with Gasteiger partial charge in [-0.05, 0) is 74.4 Å². The van der Waals surface area contributed by atoms with Crippen LogP contribution in [-0.4, -0.2) is 16.7 Å². The Bertz CT molecular complexity index is 888. The molecule has 1 aromatic carbocycles. The summed E-state index contributed by atoms with van der Waals surface area (Å²) in [7, 11) is 0. The van der Waals surface area contributed by atoms with Crippen LogP contribution in [0.4, 0.5) is 4.39 Å². The van der Waals surface area contributed by atoms with Gasteiger partial charge in [0.15, 0.2) is 0 Å². The van der Waals surface area contributed by atoms with Crippen molar-refractivity contribution in [3.63, 3.8) is 0 Å². The molecule has 0 spiro atoms. The molecular weight excluding hydrogens is 353 g/mol. The molecule has 1 heterocycles. The lowest BCUT2D eigenvalue weighted by atomic mass is 9.78. The zero-order valence-electron chi connectivity index (χ0n) is 15.1. The second kappa shape index (κ2) is 7.83. The van der Waals surface area contributed by atoms with Crippen LogP contribution in [0.15, 0.2) is 34.5 Å². The number of nitrogens with two attached hydrogens (primary N) is 2. The Morgan fingerprint density at radius 3 is 2.54 bits per heavy atom. The maximum absolute atomic E-state index is 13.8. The maximum Gasteiger partial charge on any atom is 0.211 e. The first-order chi connectivity index (χ1) is 11.8. The summed E-state index contributed by atoms with van der Waals surface area (Å²) in [5, 5.41) is 8.10. The molecule has 1 aliphatic rings. The van der Waals surface area contributed by atoms with Crippen molar-refractivity contribution in [2.45, 2.75) is 39.5 Å². The highest BCUT2D eigenvalue weighted by Crippen LogP contribution is 2.35. The highest BCUT2D eigenvalue weighted by atomic mass is 35.5. The van der Waals surface area contributed by atoms with E-state index in [1.807, 2.05) is 32.9 Å². The van der Waals surface area contributed by atoms with Crippen LogP contribution in [0.25, 0.3) is 0 Å². The third-order valence-electron chi connectivity index (χ3n) is 4.55. The molecule has 0 saturated heterocycles. The first kappa shape index (κ1) is 19.8. The van der Waals surface area contributed by atoms with Gasteiger partial charge in [0.05, 0.1) is 11.4 Å². The van der Waals surface area contributed by atoms with E-state index in [0.29, 0.717) is 6.42 Å². The number of hydrogen-bond donors (Lipinski definition) is 2. The fourth-order valence-electron chi connectivity index (χ4n) is 3.58. The van der Waals surface area contributed by atoms with Crippen molar-refractivity contribution in [1.82, 2.24) is 4.98 Å². The fourth-order valence-corrected chi connectivity index (χ4v) is 3.58. The Balaban J connectivity index is 0.00000243. The third kappa shape index (κ3) is 4.02. The number of rotatable bonds is 2. The van der Waals surface area contributed by atoms with Crippen molar-refractivity contribution >= 4 is 24.1 Å². The van der Waals surface area contributed by atoms with Gasteiger partial charge in [0.1, 0.15) is 5.82 Å². The predicted molar refractivity (Wildman–Crippen MR) is 106 cm³/mol. The lowest BCUT2D eigenvalue weighted by Crippen LogP contribution is -2.25. The van der Waals surface area contributed by atoms with Crippen molar-refractivity contribution < 1.29 is 4.39 Å². The van der Waals surface area contributed by atoms with E-state index in [4.69, 9.17) is 16.5 Å². The molecular formula is C19H23ClFN5. The molecule has 1 atom stereocenters. The molecule has 1 aliphatic carbocycles. The average molecular weight is 376 g/mol. The summed E-state index contributed by atoms with van der Waals surface area (Å²) in [5.74, 6) is -0.233. The molecule has 1 unspecified atom stereocenters. The number of pyridine rings is 1. The number of nitrogens with zero attached hydrogens (tertiary/aromatic N) is 3. The number of guanidine groups is 1. The van der Waals surface area contributed by atoms with E-state index < -0.39 is 0 Å². The summed E-state index contributed by atoms with van der Waals surface area (Å²) >= 11 is 0. The van der Waals surface area contributed by atoms with Crippen molar-refractivity contribution in [1.29, 1.82) is 0 Å². The van der Waals surface area contributed by atoms with Crippen LogP contribution in [0.1, 0.15) is 46.0 Å². The number of hydrogen-bond acceptors (Lipinski definition) is 3. The summed E-state index contributed by atoms with van der Waals surface area (Å²) in [6.45, 7) is 6.00. The molecule has 0 saturated carbocycles. The van der Waals surface area contributed by atoms with Crippen LogP contribution < -0.4 is 11.5 Å². The van der Waals surface area contributed by atoms with E-state index in [-0.39, 0.29) is 30.1 Å². The van der Waals surface area contributed by atoms with Gasteiger partial charge in [-0.1, -0.05) is 6.07 Å². The van der Waals surface area contributed by atoms with Crippen molar-refractivity contribution in [3.05, 3.63) is 63.7 Å². The van der Waals surface area contributed by atoms with Gasteiger partial charge in [-0.25, -0.2) is 4.39 Å². The standard InChI is InChI=1S/C19H22FN5.ClH/c1-10-4-5-14(20)9-15(10)13-7-16-18(11(2)6-12(3)23-16)17(8-13)24-25-19(21)22;/h4-6,9,13H,7-8H2,1-3H3,(H4,21,22,25);1H/b24-17-;. The SMILES string of the molecule is Cc1cc(C)c2c(n1)CC(c1cc(F)ccc1C)C/C2=N/N=C(N)N.Cl. The Labute approximate surface area is 158 Å². The molecule has 7 heteroatoms. The molecule has 0 aliphatic heterocycles. The van der Waals surface area contributed by atoms with E-state index in [2.05, 4.69) is 10.2 Å². The molecule has 0 fully saturated rings. The normalized spacial score (nSPS) is 17.4. The lowest BCUT2D eigenvalue weighted by Gasteiger charge is -2.28. The van der Waals surface area contributed by atoms with Gasteiger partial charge < -0.3 is 11.5 Å². The summed E-state index contributed by atoms with van der Waals surface area (Å²) in [5.41, 5.74) is 17.7. The first-order valence-electron chi connectivity index (χ1n) is 8.24.